The molecule has 2 N–H and O–H groups in total. The fraction of sp³-hybridized carbons (Fsp3) is 0.881. The van der Waals surface area contributed by atoms with Crippen molar-refractivity contribution in [1.29, 1.82) is 0 Å². The Labute approximate surface area is 323 Å². The van der Waals surface area contributed by atoms with Crippen molar-refractivity contribution in [1.82, 2.24) is 0 Å². The fourth-order valence-electron chi connectivity index (χ4n) is 11.9. The Hall–Kier alpha value is -1.49. The molecule has 13 nitrogen and oxygen atoms in total. The summed E-state index contributed by atoms with van der Waals surface area (Å²) < 4.78 is 66.9. The molecular formula is C42H60O13. The first-order valence-electron chi connectivity index (χ1n) is 21.3. The number of fused-ring (bicyclic) bond motifs is 7. The second-order valence-electron chi connectivity index (χ2n) is 18.5. The van der Waals surface area contributed by atoms with Crippen LogP contribution in [0.15, 0.2) is 24.3 Å². The van der Waals surface area contributed by atoms with Gasteiger partial charge >= 0.3 is 5.97 Å². The summed E-state index contributed by atoms with van der Waals surface area (Å²) in [5.74, 6) is -1.18. The van der Waals surface area contributed by atoms with Gasteiger partial charge in [-0.05, 0) is 68.4 Å². The zero-order chi connectivity index (χ0) is 37.7. The molecule has 55 heavy (non-hydrogen) atoms. The molecule has 11 aliphatic rings. The number of ether oxygens (including phenoxy) is 10. The van der Waals surface area contributed by atoms with Gasteiger partial charge < -0.3 is 57.6 Å². The monoisotopic (exact) mass is 772 g/mol. The maximum atomic E-state index is 14.0. The Morgan fingerprint density at radius 2 is 1.42 bits per heavy atom. The lowest BCUT2D eigenvalue weighted by Gasteiger charge is -2.51. The predicted octanol–water partition coefficient (Wildman–Crippen LogP) is 3.59. The molecule has 0 amide bonds. The molecule has 11 aliphatic heterocycles. The number of rotatable bonds is 2. The minimum atomic E-state index is -0.808. The standard InChI is InChI=1S/C42H60O13/c1-19-13-23-5-7-27-20(2)14-25(46-27)9-11-42-18-33-38(54-42)39-40(52-33)41(55-42)37-29(51-39)8-6-24(48-37)15-34(45)53-36-22(4)35-31(16-26(44)28(50-35)10-12-43)49-32(36)17-30(47-23)21(19)3/h19,22-33,35-41,43-44H,2-3,5-18H2,1,4H3/t19?,22-,23-,24+,25?,26?,27?,28?,29?,30+,31?,32?,33?,35-,36?,37-,38-,39-,40+,41?,42-/m0/s1. The maximum absolute atomic E-state index is 14.0. The highest BCUT2D eigenvalue weighted by molar-refractivity contribution is 5.70. The van der Waals surface area contributed by atoms with Crippen molar-refractivity contribution in [2.75, 3.05) is 6.61 Å². The molecule has 0 aromatic rings. The second kappa shape index (κ2) is 14.7. The molecule has 21 atom stereocenters. The number of hydrogen-bond acceptors (Lipinski definition) is 13. The third kappa shape index (κ3) is 6.79. The zero-order valence-corrected chi connectivity index (χ0v) is 32.2. The highest BCUT2D eigenvalue weighted by Crippen LogP contribution is 2.54. The van der Waals surface area contributed by atoms with Crippen molar-refractivity contribution >= 4 is 5.97 Å². The molecule has 11 unspecified atom stereocenters. The third-order valence-corrected chi connectivity index (χ3v) is 14.8. The normalized spacial score (nSPS) is 54.9. The average Bonchev–Trinajstić information content (AvgIpc) is 3.74. The van der Waals surface area contributed by atoms with Gasteiger partial charge in [-0.25, -0.2) is 0 Å². The quantitative estimate of drug-likeness (QED) is 0.312. The van der Waals surface area contributed by atoms with Gasteiger partial charge in [0.2, 0.25) is 0 Å². The molecular weight excluding hydrogens is 712 g/mol. The number of aliphatic hydroxyl groups is 2. The fourth-order valence-corrected chi connectivity index (χ4v) is 11.9. The van der Waals surface area contributed by atoms with Crippen LogP contribution in [0.3, 0.4) is 0 Å². The summed E-state index contributed by atoms with van der Waals surface area (Å²) in [7, 11) is 0. The van der Waals surface area contributed by atoms with Crippen molar-refractivity contribution < 1.29 is 62.4 Å². The van der Waals surface area contributed by atoms with E-state index in [0.29, 0.717) is 38.5 Å². The Bertz CT molecular complexity index is 1490. The molecule has 0 radical (unpaired) electrons. The second-order valence-corrected chi connectivity index (χ2v) is 18.5. The molecule has 11 rings (SSSR count). The van der Waals surface area contributed by atoms with E-state index < -0.39 is 48.5 Å². The minimum Gasteiger partial charge on any atom is -0.459 e. The summed E-state index contributed by atoms with van der Waals surface area (Å²) in [6, 6.07) is 0. The minimum absolute atomic E-state index is 0.00281. The van der Waals surface area contributed by atoms with E-state index in [9.17, 15) is 15.0 Å². The largest absolute Gasteiger partial charge is 0.459 e. The first kappa shape index (κ1) is 37.8. The molecule has 11 fully saturated rings. The van der Waals surface area contributed by atoms with Crippen LogP contribution in [-0.2, 0) is 52.2 Å². The first-order chi connectivity index (χ1) is 26.5. The molecule has 306 valence electrons. The van der Waals surface area contributed by atoms with Crippen molar-refractivity contribution in [3.63, 3.8) is 0 Å². The Morgan fingerprint density at radius 3 is 2.27 bits per heavy atom. The Morgan fingerprint density at radius 1 is 0.673 bits per heavy atom. The predicted molar refractivity (Wildman–Crippen MR) is 193 cm³/mol. The summed E-state index contributed by atoms with van der Waals surface area (Å²) in [6.45, 7) is 13.1. The van der Waals surface area contributed by atoms with Crippen LogP contribution >= 0.6 is 0 Å². The Balaban J connectivity index is 0.934. The van der Waals surface area contributed by atoms with Crippen LogP contribution in [0, 0.1) is 11.8 Å². The number of esters is 1. The summed E-state index contributed by atoms with van der Waals surface area (Å²) in [4.78, 5) is 14.0. The van der Waals surface area contributed by atoms with Gasteiger partial charge in [-0.15, -0.1) is 0 Å². The van der Waals surface area contributed by atoms with Crippen LogP contribution in [0.4, 0.5) is 0 Å². The van der Waals surface area contributed by atoms with Gasteiger partial charge in [-0.2, -0.15) is 0 Å². The van der Waals surface area contributed by atoms with E-state index in [1.807, 2.05) is 6.92 Å². The average molecular weight is 773 g/mol. The van der Waals surface area contributed by atoms with E-state index >= 15 is 0 Å². The lowest BCUT2D eigenvalue weighted by atomic mass is 9.79. The topological polar surface area (TPSA) is 150 Å². The van der Waals surface area contributed by atoms with E-state index in [0.717, 1.165) is 49.7 Å². The molecule has 13 heteroatoms. The van der Waals surface area contributed by atoms with Gasteiger partial charge in [-0.1, -0.05) is 27.0 Å². The highest BCUT2D eigenvalue weighted by atomic mass is 16.8. The number of aliphatic hydroxyl groups excluding tert-OH is 2. The van der Waals surface area contributed by atoms with Crippen molar-refractivity contribution in [3.05, 3.63) is 24.3 Å². The van der Waals surface area contributed by atoms with Crippen molar-refractivity contribution in [2.24, 2.45) is 11.8 Å². The van der Waals surface area contributed by atoms with Crippen LogP contribution in [-0.4, -0.2) is 138 Å². The lowest BCUT2D eigenvalue weighted by Crippen LogP contribution is -2.62. The SMILES string of the molecule is C=C1CC2CC[C@@]34CC5O[C@H]6C(O3)[C@H]3O[C@H](CCC3O[C@H]6[C@H]5O4)CC(=O)OC3C(C[C@H]4O[C@@H](CCC1O2)CC(C)C4=C)OC1CC(O)C(CCO)O[C@H]1[C@@H]3C. The molecule has 12 bridgehead atoms. The molecule has 11 heterocycles. The van der Waals surface area contributed by atoms with Gasteiger partial charge in [0.05, 0.1) is 79.7 Å². The highest BCUT2D eigenvalue weighted by Gasteiger charge is 2.69. The van der Waals surface area contributed by atoms with E-state index in [1.165, 1.54) is 0 Å². The van der Waals surface area contributed by atoms with Crippen LogP contribution in [0.25, 0.3) is 0 Å². The summed E-state index contributed by atoms with van der Waals surface area (Å²) >= 11 is 0. The van der Waals surface area contributed by atoms with E-state index in [-0.39, 0.29) is 98.0 Å². The summed E-state index contributed by atoms with van der Waals surface area (Å²) in [5, 5.41) is 20.6. The van der Waals surface area contributed by atoms with Crippen LogP contribution in [0.1, 0.15) is 97.3 Å². The summed E-state index contributed by atoms with van der Waals surface area (Å²) in [6.07, 6.45) is 2.38. The molecule has 0 aromatic carbocycles. The maximum Gasteiger partial charge on any atom is 0.308 e. The number of carbonyl (C=O) groups excluding carboxylic acids is 1. The zero-order valence-electron chi connectivity index (χ0n) is 32.2. The van der Waals surface area contributed by atoms with Crippen LogP contribution in [0.5, 0.6) is 0 Å². The van der Waals surface area contributed by atoms with Crippen molar-refractivity contribution in [3.8, 4) is 0 Å². The third-order valence-electron chi connectivity index (χ3n) is 14.8. The van der Waals surface area contributed by atoms with Gasteiger partial charge in [0, 0.05) is 38.2 Å². The van der Waals surface area contributed by atoms with Gasteiger partial charge in [0.25, 0.3) is 0 Å². The Kier molecular flexibility index (Phi) is 10.1. The van der Waals surface area contributed by atoms with E-state index in [2.05, 4.69) is 20.1 Å². The molecule has 0 aliphatic carbocycles. The van der Waals surface area contributed by atoms with Gasteiger partial charge in [-0.3, -0.25) is 4.79 Å². The van der Waals surface area contributed by atoms with Crippen LogP contribution in [0.2, 0.25) is 0 Å². The molecule has 0 saturated carbocycles. The van der Waals surface area contributed by atoms with E-state index in [1.54, 1.807) is 0 Å². The lowest BCUT2D eigenvalue weighted by molar-refractivity contribution is -0.293. The number of carbonyl (C=O) groups is 1. The van der Waals surface area contributed by atoms with E-state index in [4.69, 9.17) is 47.4 Å². The number of hydrogen-bond donors (Lipinski definition) is 2. The van der Waals surface area contributed by atoms with Crippen molar-refractivity contribution in [2.45, 2.75) is 213 Å². The molecule has 11 saturated heterocycles. The van der Waals surface area contributed by atoms with Gasteiger partial charge in [0.15, 0.2) is 5.79 Å². The first-order valence-corrected chi connectivity index (χ1v) is 21.3. The summed E-state index contributed by atoms with van der Waals surface area (Å²) in [5.41, 5.74) is 2.14. The molecule has 1 spiro atoms. The van der Waals surface area contributed by atoms with Gasteiger partial charge in [0.1, 0.15) is 36.6 Å². The smallest absolute Gasteiger partial charge is 0.308 e. The van der Waals surface area contributed by atoms with Crippen LogP contribution < -0.4 is 0 Å². The molecule has 0 aromatic heterocycles.